The summed E-state index contributed by atoms with van der Waals surface area (Å²) in [5, 5.41) is 14.5. The van der Waals surface area contributed by atoms with E-state index >= 15 is 0 Å². The van der Waals surface area contributed by atoms with E-state index in [2.05, 4.69) is 46.5 Å². The van der Waals surface area contributed by atoms with E-state index in [9.17, 15) is 14.9 Å². The molecule has 0 aliphatic carbocycles. The van der Waals surface area contributed by atoms with Gasteiger partial charge >= 0.3 is 0 Å². The summed E-state index contributed by atoms with van der Waals surface area (Å²) in [6, 6.07) is 10.3. The molecule has 6 nitrogen and oxygen atoms in total. The second-order valence-electron chi connectivity index (χ2n) is 7.56. The maximum atomic E-state index is 12.4. The molecule has 0 unspecified atom stereocenters. The highest BCUT2D eigenvalue weighted by Gasteiger charge is 2.14. The third kappa shape index (κ3) is 5.47. The fraction of sp³-hybridized carbons (Fsp3) is 0.333. The molecule has 1 aromatic carbocycles. The summed E-state index contributed by atoms with van der Waals surface area (Å²) in [4.78, 5) is 31.5. The zero-order valence-electron chi connectivity index (χ0n) is 18.0. The highest BCUT2D eigenvalue weighted by Crippen LogP contribution is 2.26. The average molecular weight is 435 g/mol. The minimum Gasteiger partial charge on any atom is -0.325 e. The van der Waals surface area contributed by atoms with Crippen LogP contribution in [0, 0.1) is 25.2 Å². The summed E-state index contributed by atoms with van der Waals surface area (Å²) in [6.07, 6.45) is 4.12. The molecule has 2 N–H and O–H groups in total. The number of aryl methyl sites for hydroxylation is 2. The minimum absolute atomic E-state index is 0.103. The first-order chi connectivity index (χ1) is 14.9. The van der Waals surface area contributed by atoms with Crippen LogP contribution in [-0.2, 0) is 17.6 Å². The fourth-order valence-corrected chi connectivity index (χ4v) is 4.26. The van der Waals surface area contributed by atoms with E-state index in [1.807, 2.05) is 11.4 Å². The van der Waals surface area contributed by atoms with Gasteiger partial charge in [0.1, 0.15) is 11.6 Å². The van der Waals surface area contributed by atoms with E-state index in [4.69, 9.17) is 0 Å². The van der Waals surface area contributed by atoms with Crippen molar-refractivity contribution in [2.75, 3.05) is 5.32 Å². The van der Waals surface area contributed by atoms with Gasteiger partial charge in [0.05, 0.1) is 5.69 Å². The molecule has 7 heteroatoms. The molecular weight excluding hydrogens is 408 g/mol. The molecule has 160 valence electrons. The van der Waals surface area contributed by atoms with Crippen molar-refractivity contribution in [2.24, 2.45) is 0 Å². The molecular formula is C24H26N4O2S. The molecule has 0 aliphatic heterocycles. The smallest absolute Gasteiger partial charge is 0.266 e. The Labute approximate surface area is 186 Å². The average Bonchev–Trinajstić information content (AvgIpc) is 3.21. The van der Waals surface area contributed by atoms with Gasteiger partial charge in [-0.2, -0.15) is 5.26 Å². The molecule has 2 heterocycles. The number of pyridine rings is 1. The number of carbonyl (C=O) groups is 1. The Bertz CT molecular complexity index is 1170. The lowest BCUT2D eigenvalue weighted by molar-refractivity contribution is -0.116. The van der Waals surface area contributed by atoms with Gasteiger partial charge in [-0.05, 0) is 49.8 Å². The van der Waals surface area contributed by atoms with Crippen molar-refractivity contribution in [3.05, 3.63) is 67.9 Å². The lowest BCUT2D eigenvalue weighted by atomic mass is 9.99. The molecule has 0 aliphatic rings. The Morgan fingerprint density at radius 3 is 2.65 bits per heavy atom. The Kier molecular flexibility index (Phi) is 7.37. The monoisotopic (exact) mass is 434 g/mol. The van der Waals surface area contributed by atoms with Crippen molar-refractivity contribution >= 4 is 22.4 Å². The van der Waals surface area contributed by atoms with Crippen LogP contribution in [0.15, 0.2) is 34.4 Å². The number of H-pyrrole nitrogens is 1. The van der Waals surface area contributed by atoms with Gasteiger partial charge in [0.15, 0.2) is 5.13 Å². The number of unbranched alkanes of at least 4 members (excludes halogenated alkanes) is 1. The van der Waals surface area contributed by atoms with E-state index in [1.54, 1.807) is 13.8 Å². The Morgan fingerprint density at radius 1 is 1.23 bits per heavy atom. The van der Waals surface area contributed by atoms with Crippen molar-refractivity contribution in [3.63, 3.8) is 0 Å². The summed E-state index contributed by atoms with van der Waals surface area (Å²) >= 11 is 1.39. The molecule has 0 saturated carbocycles. The second-order valence-corrected chi connectivity index (χ2v) is 8.41. The predicted molar refractivity (Wildman–Crippen MR) is 124 cm³/mol. The molecule has 0 radical (unpaired) electrons. The van der Waals surface area contributed by atoms with E-state index in [0.717, 1.165) is 23.2 Å². The van der Waals surface area contributed by atoms with Gasteiger partial charge in [0.2, 0.25) is 5.91 Å². The van der Waals surface area contributed by atoms with Gasteiger partial charge in [0.25, 0.3) is 5.56 Å². The van der Waals surface area contributed by atoms with E-state index in [1.165, 1.54) is 29.7 Å². The number of nitriles is 1. The standard InChI is InChI=1S/C24H26N4O2S/c1-4-5-6-17-7-9-18(10-8-17)21-14-31-24(27-21)28-22(29)12-11-19-15(2)20(13-25)23(30)26-16(19)3/h7-10,14H,4-6,11-12H2,1-3H3,(H,26,30)(H,27,28,29). The molecule has 0 fully saturated rings. The lowest BCUT2D eigenvalue weighted by Crippen LogP contribution is -2.18. The van der Waals surface area contributed by atoms with Crippen LogP contribution in [0.2, 0.25) is 0 Å². The molecule has 1 amide bonds. The first kappa shape index (κ1) is 22.4. The number of hydrogen-bond donors (Lipinski definition) is 2. The van der Waals surface area contributed by atoms with E-state index < -0.39 is 0 Å². The van der Waals surface area contributed by atoms with Gasteiger partial charge in [-0.25, -0.2) is 4.98 Å². The number of amides is 1. The number of carbonyl (C=O) groups excluding carboxylic acids is 1. The number of anilines is 1. The molecule has 0 spiro atoms. The largest absolute Gasteiger partial charge is 0.325 e. The van der Waals surface area contributed by atoms with E-state index in [0.29, 0.717) is 22.8 Å². The van der Waals surface area contributed by atoms with Crippen molar-refractivity contribution in [3.8, 4) is 17.3 Å². The number of benzene rings is 1. The molecule has 31 heavy (non-hydrogen) atoms. The molecule has 0 atom stereocenters. The van der Waals surface area contributed by atoms with Gasteiger partial charge in [-0.15, -0.1) is 11.3 Å². The SMILES string of the molecule is CCCCc1ccc(-c2csc(NC(=O)CCc3c(C)[nH]c(=O)c(C#N)c3C)n2)cc1. The number of hydrogen-bond acceptors (Lipinski definition) is 5. The fourth-order valence-electron chi connectivity index (χ4n) is 3.53. The van der Waals surface area contributed by atoms with Crippen molar-refractivity contribution in [1.82, 2.24) is 9.97 Å². The van der Waals surface area contributed by atoms with Gasteiger partial charge < -0.3 is 10.3 Å². The van der Waals surface area contributed by atoms with Crippen LogP contribution < -0.4 is 10.9 Å². The first-order valence-electron chi connectivity index (χ1n) is 10.4. The van der Waals surface area contributed by atoms with Crippen molar-refractivity contribution in [1.29, 1.82) is 5.26 Å². The van der Waals surface area contributed by atoms with Crippen LogP contribution in [0.4, 0.5) is 5.13 Å². The third-order valence-corrected chi connectivity index (χ3v) is 6.10. The number of aromatic amines is 1. The van der Waals surface area contributed by atoms with E-state index in [-0.39, 0.29) is 23.5 Å². The Hall–Kier alpha value is -3.24. The quantitative estimate of drug-likeness (QED) is 0.527. The van der Waals surface area contributed by atoms with Crippen LogP contribution >= 0.6 is 11.3 Å². The Morgan fingerprint density at radius 2 is 1.97 bits per heavy atom. The summed E-state index contributed by atoms with van der Waals surface area (Å²) in [5.74, 6) is -0.153. The number of nitrogens with one attached hydrogen (secondary N) is 2. The zero-order valence-corrected chi connectivity index (χ0v) is 18.9. The maximum Gasteiger partial charge on any atom is 0.266 e. The lowest BCUT2D eigenvalue weighted by Gasteiger charge is -2.10. The number of nitrogens with zero attached hydrogens (tertiary/aromatic N) is 2. The van der Waals surface area contributed by atoms with Crippen LogP contribution in [0.5, 0.6) is 0 Å². The topological polar surface area (TPSA) is 98.6 Å². The molecule has 3 aromatic rings. The van der Waals surface area contributed by atoms with Crippen LogP contribution in [0.3, 0.4) is 0 Å². The minimum atomic E-state index is -0.389. The third-order valence-electron chi connectivity index (χ3n) is 5.34. The Balaban J connectivity index is 1.62. The predicted octanol–water partition coefficient (Wildman–Crippen LogP) is 4.90. The number of aromatic nitrogens is 2. The number of thiazole rings is 1. The second kappa shape index (κ2) is 10.2. The highest BCUT2D eigenvalue weighted by molar-refractivity contribution is 7.14. The molecule has 0 saturated heterocycles. The molecule has 0 bridgehead atoms. The summed E-state index contributed by atoms with van der Waals surface area (Å²) < 4.78 is 0. The normalized spacial score (nSPS) is 10.6. The van der Waals surface area contributed by atoms with Crippen LogP contribution in [0.25, 0.3) is 11.3 Å². The van der Waals surface area contributed by atoms with Crippen molar-refractivity contribution in [2.45, 2.75) is 52.9 Å². The maximum absolute atomic E-state index is 12.4. The number of rotatable bonds is 8. The van der Waals surface area contributed by atoms with Gasteiger partial charge in [-0.1, -0.05) is 37.6 Å². The zero-order chi connectivity index (χ0) is 22.4. The van der Waals surface area contributed by atoms with Gasteiger partial charge in [0, 0.05) is 23.1 Å². The van der Waals surface area contributed by atoms with Crippen molar-refractivity contribution < 1.29 is 4.79 Å². The van der Waals surface area contributed by atoms with Crippen LogP contribution in [-0.4, -0.2) is 15.9 Å². The summed E-state index contributed by atoms with van der Waals surface area (Å²) in [6.45, 7) is 5.71. The molecule has 3 rings (SSSR count). The first-order valence-corrected chi connectivity index (χ1v) is 11.3. The van der Waals surface area contributed by atoms with Gasteiger partial charge in [-0.3, -0.25) is 9.59 Å². The molecule has 2 aromatic heterocycles. The summed E-state index contributed by atoms with van der Waals surface area (Å²) in [7, 11) is 0. The summed E-state index contributed by atoms with van der Waals surface area (Å²) in [5.41, 5.74) is 5.05. The van der Waals surface area contributed by atoms with Crippen LogP contribution in [0.1, 0.15) is 54.1 Å². The highest BCUT2D eigenvalue weighted by atomic mass is 32.1.